The summed E-state index contributed by atoms with van der Waals surface area (Å²) in [7, 11) is -3.98. The summed E-state index contributed by atoms with van der Waals surface area (Å²) in [5, 5.41) is 0.958. The van der Waals surface area contributed by atoms with Crippen molar-refractivity contribution < 1.29 is 61.5 Å². The number of nitrogens with zero attached hydrogens (tertiary/aromatic N) is 2. The van der Waals surface area contributed by atoms with Crippen LogP contribution in [0.25, 0.3) is 22.3 Å². The van der Waals surface area contributed by atoms with Crippen LogP contribution in [0.15, 0.2) is 29.1 Å². The van der Waals surface area contributed by atoms with Crippen molar-refractivity contribution in [2.45, 2.75) is 159 Å². The Kier molecular flexibility index (Phi) is 12.9. The van der Waals surface area contributed by atoms with E-state index in [1.807, 2.05) is 25.1 Å². The maximum atomic E-state index is 15.2. The van der Waals surface area contributed by atoms with Gasteiger partial charge in [-0.3, -0.25) is 4.79 Å². The average molecular weight is 851 g/mol. The molecule has 4 nitrogen and oxygen atoms in total. The van der Waals surface area contributed by atoms with E-state index in [0.29, 0.717) is 22.5 Å². The highest BCUT2D eigenvalue weighted by Gasteiger charge is 2.90. The molecule has 3 heterocycles. The van der Waals surface area contributed by atoms with Crippen LogP contribution in [0.2, 0.25) is 17.1 Å². The van der Waals surface area contributed by atoms with Crippen molar-refractivity contribution in [1.29, 1.82) is 0 Å². The fourth-order valence-electron chi connectivity index (χ4n) is 7.83. The second kappa shape index (κ2) is 15.8. The molecule has 0 saturated heterocycles. The van der Waals surface area contributed by atoms with Gasteiger partial charge in [0.05, 0.1) is 29.6 Å². The van der Waals surface area contributed by atoms with Gasteiger partial charge in [0.1, 0.15) is 0 Å². The summed E-state index contributed by atoms with van der Waals surface area (Å²) in [5.41, 5.74) is 3.24. The molecule has 0 aliphatic carbocycles. The normalized spacial score (nSPS) is 15.2. The van der Waals surface area contributed by atoms with Crippen LogP contribution < -0.4 is 5.56 Å². The highest BCUT2D eigenvalue weighted by molar-refractivity contribution is 6.76. The predicted molar refractivity (Wildman–Crippen MR) is 194 cm³/mol. The number of halogens is 13. The van der Waals surface area contributed by atoms with Crippen LogP contribution in [0.1, 0.15) is 108 Å². The number of hydrogen-bond donors (Lipinski definition) is 0. The van der Waals surface area contributed by atoms with Gasteiger partial charge >= 0.3 is 35.8 Å². The van der Waals surface area contributed by atoms with Gasteiger partial charge in [-0.05, 0) is 79.6 Å². The Morgan fingerprint density at radius 1 is 0.807 bits per heavy atom. The van der Waals surface area contributed by atoms with E-state index >= 15 is 8.78 Å². The number of alkyl halides is 13. The van der Waals surface area contributed by atoms with E-state index in [4.69, 9.17) is 9.41 Å². The quantitative estimate of drug-likeness (QED) is 0.0604. The monoisotopic (exact) mass is 850 g/mol. The Bertz CT molecular complexity index is 2000. The van der Waals surface area contributed by atoms with Gasteiger partial charge in [-0.2, -0.15) is 57.1 Å². The SMILES string of the molecule is CCCCCc1c2c(nc3ccc(C)cc13)-c1cc(C(CC)O[Si](CCC(F)(F)C(F)(F)C(F)(F)C(F)(F)C(F)(F)C(F)(F)F)(C(C)C)C(C)C)c(C)c(=O)n1C2. The molecule has 1 atom stereocenters. The van der Waals surface area contributed by atoms with Crippen molar-refractivity contribution >= 4 is 19.2 Å². The van der Waals surface area contributed by atoms with Crippen LogP contribution in [0, 0.1) is 13.8 Å². The Morgan fingerprint density at radius 2 is 1.39 bits per heavy atom. The van der Waals surface area contributed by atoms with Crippen LogP contribution in [-0.2, 0) is 17.4 Å². The smallest absolute Gasteiger partial charge is 0.409 e. The molecule has 320 valence electrons. The van der Waals surface area contributed by atoms with Gasteiger partial charge < -0.3 is 8.99 Å². The van der Waals surface area contributed by atoms with Gasteiger partial charge in [0.15, 0.2) is 8.32 Å². The Morgan fingerprint density at radius 3 is 1.91 bits per heavy atom. The molecule has 0 saturated carbocycles. The summed E-state index contributed by atoms with van der Waals surface area (Å²) in [6.07, 6.45) is -7.22. The van der Waals surface area contributed by atoms with E-state index in [-0.39, 0.29) is 18.5 Å². The number of rotatable bonds is 17. The van der Waals surface area contributed by atoms with Gasteiger partial charge in [-0.15, -0.1) is 0 Å². The van der Waals surface area contributed by atoms with Gasteiger partial charge in [0, 0.05) is 22.9 Å². The maximum Gasteiger partial charge on any atom is 0.460 e. The van der Waals surface area contributed by atoms with Crippen molar-refractivity contribution in [3.05, 3.63) is 62.4 Å². The highest BCUT2D eigenvalue weighted by atomic mass is 28.4. The van der Waals surface area contributed by atoms with Gasteiger partial charge in [-0.25, -0.2) is 4.98 Å². The molecule has 2 aromatic heterocycles. The molecule has 1 aliphatic heterocycles. The third-order valence-corrected chi connectivity index (χ3v) is 17.1. The van der Waals surface area contributed by atoms with E-state index in [0.717, 1.165) is 47.8 Å². The zero-order valence-electron chi connectivity index (χ0n) is 32.8. The molecule has 4 rings (SSSR count). The minimum absolute atomic E-state index is 0.0842. The maximum absolute atomic E-state index is 15.2. The van der Waals surface area contributed by atoms with Crippen LogP contribution in [0.4, 0.5) is 57.1 Å². The number of hydrogen-bond acceptors (Lipinski definition) is 3. The molecular weight excluding hydrogens is 804 g/mol. The first-order valence-corrected chi connectivity index (χ1v) is 21.1. The molecule has 0 fully saturated rings. The number of fused-ring (bicyclic) bond motifs is 4. The Labute approximate surface area is 323 Å². The van der Waals surface area contributed by atoms with Crippen molar-refractivity contribution in [3.8, 4) is 11.4 Å². The number of unbranched alkanes of at least 4 members (excludes halogenated alkanes) is 2. The lowest BCUT2D eigenvalue weighted by atomic mass is 9.93. The Hall–Kier alpha value is -3.15. The molecule has 0 spiro atoms. The molecule has 1 aromatic carbocycles. The Balaban J connectivity index is 1.78. The van der Waals surface area contributed by atoms with Gasteiger partial charge in [-0.1, -0.05) is 66.0 Å². The van der Waals surface area contributed by atoms with E-state index in [2.05, 4.69) is 6.92 Å². The summed E-state index contributed by atoms with van der Waals surface area (Å²) in [6.45, 7) is 13.4. The number of pyridine rings is 2. The molecule has 1 unspecified atom stereocenters. The molecule has 3 aromatic rings. The van der Waals surface area contributed by atoms with Crippen molar-refractivity contribution in [1.82, 2.24) is 9.55 Å². The fraction of sp³-hybridized carbons (Fsp3) is 0.641. The third kappa shape index (κ3) is 7.63. The highest BCUT2D eigenvalue weighted by Crippen LogP contribution is 2.61. The van der Waals surface area contributed by atoms with Crippen molar-refractivity contribution in [2.24, 2.45) is 0 Å². The van der Waals surface area contributed by atoms with E-state index < -0.39 is 79.3 Å². The van der Waals surface area contributed by atoms with Crippen molar-refractivity contribution in [3.63, 3.8) is 0 Å². The van der Waals surface area contributed by atoms with Crippen molar-refractivity contribution in [2.75, 3.05) is 0 Å². The molecule has 57 heavy (non-hydrogen) atoms. The zero-order valence-corrected chi connectivity index (χ0v) is 33.8. The second-order valence-corrected chi connectivity index (χ2v) is 20.6. The fourth-order valence-corrected chi connectivity index (χ4v) is 12.5. The van der Waals surface area contributed by atoms with E-state index in [1.54, 1.807) is 17.6 Å². The number of aryl methyl sites for hydroxylation is 2. The minimum atomic E-state index is -7.96. The summed E-state index contributed by atoms with van der Waals surface area (Å²) in [6, 6.07) is 6.39. The summed E-state index contributed by atoms with van der Waals surface area (Å²) < 4.78 is 190. The average Bonchev–Trinajstić information content (AvgIpc) is 3.47. The molecule has 0 amide bonds. The first-order chi connectivity index (χ1) is 26.0. The molecule has 18 heteroatoms. The molecule has 0 N–H and O–H groups in total. The zero-order chi connectivity index (χ0) is 43.5. The third-order valence-electron chi connectivity index (χ3n) is 11.4. The second-order valence-electron chi connectivity index (χ2n) is 15.7. The largest absolute Gasteiger partial charge is 0.460 e. The number of benzene rings is 1. The van der Waals surface area contributed by atoms with E-state index in [1.165, 1.54) is 34.6 Å². The van der Waals surface area contributed by atoms with E-state index in [9.17, 15) is 53.1 Å². The first kappa shape index (κ1) is 46.5. The summed E-state index contributed by atoms with van der Waals surface area (Å²) in [5.74, 6) is -37.2. The molecular formula is C39H47F13N2O2Si. The topological polar surface area (TPSA) is 44.1 Å². The summed E-state index contributed by atoms with van der Waals surface area (Å²) >= 11 is 0. The lowest BCUT2D eigenvalue weighted by molar-refractivity contribution is -0.440. The first-order valence-electron chi connectivity index (χ1n) is 18.8. The standard InChI is InChI=1S/C39H47F13N2O2Si/c1-9-11-12-13-25-27-18-23(7)14-15-29(27)53-32-28(25)20-54-30(32)19-26(24(8)33(54)55)31(10-2)56-57(21(3)4,22(5)6)17-16-34(40,41)35(42,43)36(44,45)37(46,47)38(48,49)39(50,51)52/h14-15,18-19,21-22,31H,9-13,16-17,20H2,1-8H3. The van der Waals surface area contributed by atoms with Crippen LogP contribution in [0.3, 0.4) is 0 Å². The molecule has 0 radical (unpaired) electrons. The molecule has 0 bridgehead atoms. The number of aromatic nitrogens is 2. The van der Waals surface area contributed by atoms with Gasteiger partial charge in [0.2, 0.25) is 0 Å². The molecule has 1 aliphatic rings. The van der Waals surface area contributed by atoms with Gasteiger partial charge in [0.25, 0.3) is 5.56 Å². The summed E-state index contributed by atoms with van der Waals surface area (Å²) in [4.78, 5) is 19.0. The van der Waals surface area contributed by atoms with Crippen LogP contribution in [0.5, 0.6) is 0 Å². The van der Waals surface area contributed by atoms with Crippen LogP contribution in [-0.4, -0.2) is 53.7 Å². The lowest BCUT2D eigenvalue weighted by Crippen LogP contribution is -2.70. The predicted octanol–water partition coefficient (Wildman–Crippen LogP) is 13.1. The van der Waals surface area contributed by atoms with Crippen LogP contribution >= 0.6 is 0 Å². The lowest BCUT2D eigenvalue weighted by Gasteiger charge is -2.44. The minimum Gasteiger partial charge on any atom is -0.409 e.